The van der Waals surface area contributed by atoms with Crippen LogP contribution in [0.3, 0.4) is 0 Å². The number of hydrogen-bond donors (Lipinski definition) is 0. The van der Waals surface area contributed by atoms with Gasteiger partial charge >= 0.3 is 0 Å². The summed E-state index contributed by atoms with van der Waals surface area (Å²) in [7, 11) is 0. The molecule has 2 aromatic heterocycles. The quantitative estimate of drug-likeness (QED) is 0.480. The molecule has 2 heterocycles. The third-order valence-electron chi connectivity index (χ3n) is 3.70. The minimum absolute atomic E-state index is 0.336. The van der Waals surface area contributed by atoms with E-state index in [1.807, 2.05) is 30.3 Å². The van der Waals surface area contributed by atoms with Crippen LogP contribution in [0.1, 0.15) is 20.6 Å². The molecule has 3 nitrogen and oxygen atoms in total. The molecule has 1 unspecified atom stereocenters. The molecule has 6 heteroatoms. The van der Waals surface area contributed by atoms with Gasteiger partial charge in [-0.3, -0.25) is 4.79 Å². The monoisotopic (exact) mass is 352 g/mol. The van der Waals surface area contributed by atoms with E-state index >= 15 is 0 Å². The molecular formula is C18H9FN2OS2. The average Bonchev–Trinajstić information content (AvgIpc) is 3.19. The van der Waals surface area contributed by atoms with E-state index in [0.29, 0.717) is 20.0 Å². The van der Waals surface area contributed by atoms with Crippen LogP contribution in [0.2, 0.25) is 0 Å². The summed E-state index contributed by atoms with van der Waals surface area (Å²) in [5.74, 6) is -1.67. The summed E-state index contributed by atoms with van der Waals surface area (Å²) >= 11 is 2.54. The number of Topliss-reactive ketones (excluding diaryl/α,β-unsaturated/α-hetero) is 1. The number of rotatable bonds is 3. The summed E-state index contributed by atoms with van der Waals surface area (Å²) in [6.45, 7) is 0. The Morgan fingerprint density at radius 3 is 2.67 bits per heavy atom. The smallest absolute Gasteiger partial charge is 0.196 e. The van der Waals surface area contributed by atoms with Crippen LogP contribution in [0.5, 0.6) is 0 Å². The number of hydrogen-bond acceptors (Lipinski definition) is 5. The molecule has 0 aliphatic heterocycles. The number of nitrogens with zero attached hydrogens (tertiary/aromatic N) is 2. The normalized spacial score (nSPS) is 12.3. The third kappa shape index (κ3) is 2.39. The van der Waals surface area contributed by atoms with Gasteiger partial charge in [-0.15, -0.1) is 22.7 Å². The second kappa shape index (κ2) is 5.78. The molecule has 0 N–H and O–H groups in total. The number of thiophene rings is 1. The van der Waals surface area contributed by atoms with Crippen LogP contribution in [0.15, 0.2) is 48.5 Å². The first-order valence-corrected chi connectivity index (χ1v) is 8.78. The maximum atomic E-state index is 13.8. The number of para-hydroxylation sites is 1. The van der Waals surface area contributed by atoms with Crippen molar-refractivity contribution in [3.63, 3.8) is 0 Å². The molecule has 0 spiro atoms. The molecular weight excluding hydrogens is 343 g/mol. The Morgan fingerprint density at radius 2 is 1.92 bits per heavy atom. The maximum absolute atomic E-state index is 13.8. The van der Waals surface area contributed by atoms with Gasteiger partial charge in [-0.2, -0.15) is 5.26 Å². The van der Waals surface area contributed by atoms with E-state index in [9.17, 15) is 14.4 Å². The van der Waals surface area contributed by atoms with Crippen molar-refractivity contribution in [2.24, 2.45) is 0 Å². The number of fused-ring (bicyclic) bond motifs is 2. The van der Waals surface area contributed by atoms with Gasteiger partial charge in [-0.05, 0) is 30.3 Å². The highest BCUT2D eigenvalue weighted by Gasteiger charge is 2.27. The van der Waals surface area contributed by atoms with Gasteiger partial charge < -0.3 is 0 Å². The van der Waals surface area contributed by atoms with E-state index in [4.69, 9.17) is 0 Å². The van der Waals surface area contributed by atoms with Gasteiger partial charge in [-0.25, -0.2) is 9.37 Å². The SMILES string of the molecule is N#CC(C(=O)c1cc2c(F)cccc2s1)c1nc2ccccc2s1. The second-order valence-corrected chi connectivity index (χ2v) is 7.35. The lowest BCUT2D eigenvalue weighted by molar-refractivity contribution is 0.0983. The minimum Gasteiger partial charge on any atom is -0.291 e. The first-order valence-electron chi connectivity index (χ1n) is 7.15. The van der Waals surface area contributed by atoms with E-state index in [1.54, 1.807) is 12.1 Å². The van der Waals surface area contributed by atoms with Crippen LogP contribution in [-0.4, -0.2) is 10.8 Å². The van der Waals surface area contributed by atoms with Gasteiger partial charge in [0.2, 0.25) is 0 Å². The van der Waals surface area contributed by atoms with Crippen LogP contribution < -0.4 is 0 Å². The molecule has 116 valence electrons. The Kier molecular flexibility index (Phi) is 3.60. The fraction of sp³-hybridized carbons (Fsp3) is 0.0556. The van der Waals surface area contributed by atoms with Crippen LogP contribution in [0, 0.1) is 17.1 Å². The van der Waals surface area contributed by atoms with Crippen molar-refractivity contribution < 1.29 is 9.18 Å². The molecule has 2 aromatic carbocycles. The predicted octanol–water partition coefficient (Wildman–Crippen LogP) is 5.14. The summed E-state index contributed by atoms with van der Waals surface area (Å²) in [5, 5.41) is 10.4. The van der Waals surface area contributed by atoms with Crippen molar-refractivity contribution in [2.45, 2.75) is 5.92 Å². The molecule has 0 fully saturated rings. The van der Waals surface area contributed by atoms with Gasteiger partial charge in [0.15, 0.2) is 11.7 Å². The number of ketones is 1. The van der Waals surface area contributed by atoms with Crippen molar-refractivity contribution in [2.75, 3.05) is 0 Å². The Balaban J connectivity index is 1.77. The molecule has 0 bridgehead atoms. The summed E-state index contributed by atoms with van der Waals surface area (Å²) in [6, 6.07) is 15.8. The van der Waals surface area contributed by atoms with Crippen LogP contribution in [-0.2, 0) is 0 Å². The first-order chi connectivity index (χ1) is 11.7. The van der Waals surface area contributed by atoms with E-state index in [0.717, 1.165) is 10.2 Å². The van der Waals surface area contributed by atoms with Gasteiger partial charge in [0, 0.05) is 10.1 Å². The first kappa shape index (κ1) is 14.9. The molecule has 4 rings (SSSR count). The molecule has 0 amide bonds. The number of benzene rings is 2. The highest BCUT2D eigenvalue weighted by atomic mass is 32.1. The summed E-state index contributed by atoms with van der Waals surface area (Å²) in [5.41, 5.74) is 0.771. The van der Waals surface area contributed by atoms with E-state index in [2.05, 4.69) is 4.98 Å². The van der Waals surface area contributed by atoms with Crippen LogP contribution in [0.25, 0.3) is 20.3 Å². The largest absolute Gasteiger partial charge is 0.291 e. The van der Waals surface area contributed by atoms with E-state index in [1.165, 1.54) is 34.8 Å². The summed E-state index contributed by atoms with van der Waals surface area (Å²) in [6.07, 6.45) is 0. The lowest BCUT2D eigenvalue weighted by Crippen LogP contribution is -2.09. The molecule has 0 radical (unpaired) electrons. The fourth-order valence-corrected chi connectivity index (χ4v) is 4.59. The van der Waals surface area contributed by atoms with Crippen molar-refractivity contribution in [3.05, 3.63) is 64.2 Å². The van der Waals surface area contributed by atoms with E-state index in [-0.39, 0.29) is 11.6 Å². The lowest BCUT2D eigenvalue weighted by Gasteiger charge is -2.01. The highest BCUT2D eigenvalue weighted by molar-refractivity contribution is 7.21. The molecule has 24 heavy (non-hydrogen) atoms. The minimum atomic E-state index is -0.974. The molecule has 0 aliphatic carbocycles. The standard InChI is InChI=1S/C18H9FN2OS2/c19-12-4-3-7-14-10(12)8-16(23-14)17(22)11(9-20)18-21-13-5-1-2-6-15(13)24-18/h1-8,11H. The topological polar surface area (TPSA) is 53.8 Å². The average molecular weight is 352 g/mol. The number of thiazole rings is 1. The zero-order valence-electron chi connectivity index (χ0n) is 12.2. The maximum Gasteiger partial charge on any atom is 0.196 e. The van der Waals surface area contributed by atoms with Crippen molar-refractivity contribution >= 4 is 48.8 Å². The van der Waals surface area contributed by atoms with Gasteiger partial charge in [0.25, 0.3) is 0 Å². The predicted molar refractivity (Wildman–Crippen MR) is 94.1 cm³/mol. The Bertz CT molecular complexity index is 1090. The molecule has 4 aromatic rings. The summed E-state index contributed by atoms with van der Waals surface area (Å²) in [4.78, 5) is 17.5. The van der Waals surface area contributed by atoms with Crippen molar-refractivity contribution in [1.82, 2.24) is 4.98 Å². The second-order valence-electron chi connectivity index (χ2n) is 5.21. The van der Waals surface area contributed by atoms with E-state index < -0.39 is 5.92 Å². The Hall–Kier alpha value is -2.62. The highest BCUT2D eigenvalue weighted by Crippen LogP contribution is 2.33. The van der Waals surface area contributed by atoms with Gasteiger partial charge in [-0.1, -0.05) is 18.2 Å². The van der Waals surface area contributed by atoms with Crippen molar-refractivity contribution in [3.8, 4) is 6.07 Å². The zero-order valence-corrected chi connectivity index (χ0v) is 13.8. The lowest BCUT2D eigenvalue weighted by atomic mass is 10.1. The zero-order chi connectivity index (χ0) is 16.7. The Labute approximate surface area is 144 Å². The summed E-state index contributed by atoms with van der Waals surface area (Å²) < 4.78 is 15.5. The number of carbonyl (C=O) groups excluding carboxylic acids is 1. The number of carbonyl (C=O) groups is 1. The third-order valence-corrected chi connectivity index (χ3v) is 5.92. The Morgan fingerprint density at radius 1 is 1.12 bits per heavy atom. The van der Waals surface area contributed by atoms with Crippen LogP contribution >= 0.6 is 22.7 Å². The van der Waals surface area contributed by atoms with Crippen molar-refractivity contribution in [1.29, 1.82) is 5.26 Å². The number of nitriles is 1. The molecule has 1 atom stereocenters. The fourth-order valence-electron chi connectivity index (χ4n) is 2.53. The molecule has 0 saturated heterocycles. The number of aromatic nitrogens is 1. The molecule has 0 saturated carbocycles. The number of halogens is 1. The van der Waals surface area contributed by atoms with Gasteiger partial charge in [0.1, 0.15) is 10.8 Å². The van der Waals surface area contributed by atoms with Crippen LogP contribution in [0.4, 0.5) is 4.39 Å². The molecule has 0 aliphatic rings. The van der Waals surface area contributed by atoms with Gasteiger partial charge in [0.05, 0.1) is 21.2 Å².